The van der Waals surface area contributed by atoms with Crippen molar-refractivity contribution in [1.82, 2.24) is 0 Å². The summed E-state index contributed by atoms with van der Waals surface area (Å²) < 4.78 is 0. The Morgan fingerprint density at radius 1 is 1.29 bits per heavy atom. The molecule has 3 N–H and O–H groups in total. The van der Waals surface area contributed by atoms with E-state index in [4.69, 9.17) is 5.84 Å². The predicted octanol–water partition coefficient (Wildman–Crippen LogP) is 2.94. The van der Waals surface area contributed by atoms with Gasteiger partial charge < -0.3 is 5.43 Å². The molecule has 0 unspecified atom stereocenters. The van der Waals surface area contributed by atoms with E-state index in [9.17, 15) is 0 Å². The van der Waals surface area contributed by atoms with Gasteiger partial charge in [-0.15, -0.1) is 0 Å². The number of hydrogen-bond donors (Lipinski definition) is 2. The highest BCUT2D eigenvalue weighted by Crippen LogP contribution is 2.37. The van der Waals surface area contributed by atoms with Crippen LogP contribution < -0.4 is 11.3 Å². The molecule has 0 atom stereocenters. The number of hydrogen-bond acceptors (Lipinski definition) is 2. The van der Waals surface area contributed by atoms with Gasteiger partial charge in [0.2, 0.25) is 0 Å². The van der Waals surface area contributed by atoms with E-state index in [1.807, 2.05) is 0 Å². The number of rotatable bonds is 2. The first-order valence-corrected chi connectivity index (χ1v) is 5.38. The number of anilines is 1. The zero-order chi connectivity index (χ0) is 9.97. The molecule has 0 spiro atoms. The molecular formula is C12H18N2. The lowest BCUT2D eigenvalue weighted by molar-refractivity contribution is 0.723. The van der Waals surface area contributed by atoms with Crippen molar-refractivity contribution in [3.05, 3.63) is 29.3 Å². The minimum atomic E-state index is 0.723. The average Bonchev–Trinajstić information content (AvgIpc) is 2.70. The van der Waals surface area contributed by atoms with E-state index < -0.39 is 0 Å². The monoisotopic (exact) mass is 190 g/mol. The fraction of sp³-hybridized carbons (Fsp3) is 0.500. The molecule has 1 aliphatic rings. The van der Waals surface area contributed by atoms with Crippen molar-refractivity contribution in [3.8, 4) is 0 Å². The lowest BCUT2D eigenvalue weighted by atomic mass is 9.94. The van der Waals surface area contributed by atoms with Gasteiger partial charge in [0.05, 0.1) is 5.69 Å². The summed E-state index contributed by atoms with van der Waals surface area (Å²) in [6, 6.07) is 6.46. The Hall–Kier alpha value is -1.02. The molecule has 0 saturated heterocycles. The Morgan fingerprint density at radius 3 is 2.64 bits per heavy atom. The maximum Gasteiger partial charge on any atom is 0.0520 e. The summed E-state index contributed by atoms with van der Waals surface area (Å²) in [6.07, 6.45) is 5.36. The Balaban J connectivity index is 2.33. The number of nitrogen functional groups attached to an aromatic ring is 1. The van der Waals surface area contributed by atoms with Crippen LogP contribution in [-0.2, 0) is 0 Å². The van der Waals surface area contributed by atoms with Crippen LogP contribution in [0.25, 0.3) is 0 Å². The smallest absolute Gasteiger partial charge is 0.0520 e. The third-order valence-electron chi connectivity index (χ3n) is 3.16. The van der Waals surface area contributed by atoms with Gasteiger partial charge in [-0.1, -0.05) is 30.5 Å². The molecule has 1 aromatic carbocycles. The van der Waals surface area contributed by atoms with E-state index in [0.29, 0.717) is 0 Å². The molecule has 0 aliphatic heterocycles. The number of aryl methyl sites for hydroxylation is 1. The van der Waals surface area contributed by atoms with Crippen molar-refractivity contribution in [3.63, 3.8) is 0 Å². The van der Waals surface area contributed by atoms with E-state index in [1.54, 1.807) is 0 Å². The highest BCUT2D eigenvalue weighted by atomic mass is 15.2. The van der Waals surface area contributed by atoms with E-state index in [-0.39, 0.29) is 0 Å². The first-order valence-electron chi connectivity index (χ1n) is 5.38. The Morgan fingerprint density at radius 2 is 2.00 bits per heavy atom. The first-order chi connectivity index (χ1) is 6.81. The molecule has 0 bridgehead atoms. The molecule has 76 valence electrons. The third kappa shape index (κ3) is 1.75. The molecular weight excluding hydrogens is 172 g/mol. The molecule has 0 radical (unpaired) electrons. The summed E-state index contributed by atoms with van der Waals surface area (Å²) in [5.74, 6) is 6.24. The second-order valence-corrected chi connectivity index (χ2v) is 4.22. The summed E-state index contributed by atoms with van der Waals surface area (Å²) in [4.78, 5) is 0. The SMILES string of the molecule is Cc1ccc(NN)c(C2CCCC2)c1. The molecule has 2 rings (SSSR count). The van der Waals surface area contributed by atoms with Crippen LogP contribution in [0.2, 0.25) is 0 Å². The zero-order valence-corrected chi connectivity index (χ0v) is 8.72. The van der Waals surface area contributed by atoms with Crippen LogP contribution in [0.1, 0.15) is 42.7 Å². The molecule has 0 heterocycles. The van der Waals surface area contributed by atoms with Gasteiger partial charge in [-0.2, -0.15) is 0 Å². The van der Waals surface area contributed by atoms with Crippen LogP contribution in [-0.4, -0.2) is 0 Å². The van der Waals surface area contributed by atoms with E-state index in [1.165, 1.54) is 36.8 Å². The Bertz CT molecular complexity index is 314. The van der Waals surface area contributed by atoms with Crippen molar-refractivity contribution in [2.75, 3.05) is 5.43 Å². The van der Waals surface area contributed by atoms with Gasteiger partial charge in [-0.05, 0) is 37.3 Å². The van der Waals surface area contributed by atoms with Gasteiger partial charge in [0.1, 0.15) is 0 Å². The molecule has 1 aliphatic carbocycles. The summed E-state index contributed by atoms with van der Waals surface area (Å²) in [7, 11) is 0. The van der Waals surface area contributed by atoms with Crippen LogP contribution in [0.3, 0.4) is 0 Å². The topological polar surface area (TPSA) is 38.0 Å². The fourth-order valence-electron chi connectivity index (χ4n) is 2.39. The summed E-state index contributed by atoms with van der Waals surface area (Å²) in [5.41, 5.74) is 6.63. The van der Waals surface area contributed by atoms with Crippen LogP contribution in [0.15, 0.2) is 18.2 Å². The molecule has 2 nitrogen and oxygen atoms in total. The standard InChI is InChI=1S/C12H18N2/c1-9-6-7-12(14-13)11(8-9)10-4-2-3-5-10/h6-8,10,14H,2-5,13H2,1H3. The maximum atomic E-state index is 5.52. The highest BCUT2D eigenvalue weighted by molar-refractivity contribution is 5.53. The van der Waals surface area contributed by atoms with Gasteiger partial charge >= 0.3 is 0 Å². The van der Waals surface area contributed by atoms with Crippen LogP contribution in [0.5, 0.6) is 0 Å². The molecule has 1 fully saturated rings. The van der Waals surface area contributed by atoms with Gasteiger partial charge in [0.15, 0.2) is 0 Å². The lowest BCUT2D eigenvalue weighted by Gasteiger charge is -2.15. The Labute approximate surface area is 85.5 Å². The first kappa shape index (κ1) is 9.53. The summed E-state index contributed by atoms with van der Waals surface area (Å²) in [6.45, 7) is 2.14. The minimum absolute atomic E-state index is 0.723. The largest absolute Gasteiger partial charge is 0.324 e. The normalized spacial score (nSPS) is 17.3. The van der Waals surface area contributed by atoms with E-state index in [2.05, 4.69) is 30.5 Å². The van der Waals surface area contributed by atoms with Crippen LogP contribution in [0.4, 0.5) is 5.69 Å². The maximum absolute atomic E-state index is 5.52. The van der Waals surface area contributed by atoms with Crippen molar-refractivity contribution < 1.29 is 0 Å². The zero-order valence-electron chi connectivity index (χ0n) is 8.72. The van der Waals surface area contributed by atoms with Gasteiger partial charge in [-0.3, -0.25) is 5.84 Å². The van der Waals surface area contributed by atoms with Gasteiger partial charge in [-0.25, -0.2) is 0 Å². The lowest BCUT2D eigenvalue weighted by Crippen LogP contribution is -2.10. The third-order valence-corrected chi connectivity index (χ3v) is 3.16. The molecule has 1 saturated carbocycles. The average molecular weight is 190 g/mol. The molecule has 14 heavy (non-hydrogen) atoms. The van der Waals surface area contributed by atoms with Crippen molar-refractivity contribution in [1.29, 1.82) is 0 Å². The number of benzene rings is 1. The second kappa shape index (κ2) is 4.01. The number of nitrogens with two attached hydrogens (primary N) is 1. The van der Waals surface area contributed by atoms with Crippen molar-refractivity contribution in [2.24, 2.45) is 5.84 Å². The number of nitrogens with one attached hydrogen (secondary N) is 1. The summed E-state index contributed by atoms with van der Waals surface area (Å²) in [5, 5.41) is 0. The van der Waals surface area contributed by atoms with Crippen LogP contribution in [0, 0.1) is 6.92 Å². The molecule has 0 amide bonds. The van der Waals surface area contributed by atoms with Crippen LogP contribution >= 0.6 is 0 Å². The molecule has 1 aromatic rings. The van der Waals surface area contributed by atoms with E-state index in [0.717, 1.165) is 11.6 Å². The predicted molar refractivity (Wildman–Crippen MR) is 60.2 cm³/mol. The van der Waals surface area contributed by atoms with Crippen molar-refractivity contribution in [2.45, 2.75) is 38.5 Å². The Kier molecular flexibility index (Phi) is 2.73. The summed E-state index contributed by atoms with van der Waals surface area (Å²) >= 11 is 0. The highest BCUT2D eigenvalue weighted by Gasteiger charge is 2.19. The number of hydrazine groups is 1. The van der Waals surface area contributed by atoms with Gasteiger partial charge in [0.25, 0.3) is 0 Å². The molecule has 2 heteroatoms. The fourth-order valence-corrected chi connectivity index (χ4v) is 2.39. The van der Waals surface area contributed by atoms with E-state index >= 15 is 0 Å². The molecule has 0 aromatic heterocycles. The minimum Gasteiger partial charge on any atom is -0.324 e. The van der Waals surface area contributed by atoms with Crippen molar-refractivity contribution >= 4 is 5.69 Å². The quantitative estimate of drug-likeness (QED) is 0.556. The second-order valence-electron chi connectivity index (χ2n) is 4.22. The van der Waals surface area contributed by atoms with Gasteiger partial charge in [0, 0.05) is 0 Å².